The molecule has 128 valence electrons. The number of carbonyl (C=O) groups excluding carboxylic acids is 1. The Morgan fingerprint density at radius 2 is 2.25 bits per heavy atom. The highest BCUT2D eigenvalue weighted by Gasteiger charge is 2.19. The third-order valence-electron chi connectivity index (χ3n) is 4.42. The lowest BCUT2D eigenvalue weighted by Gasteiger charge is -2.20. The number of thiazole rings is 1. The van der Waals surface area contributed by atoms with E-state index in [0.717, 1.165) is 31.5 Å². The summed E-state index contributed by atoms with van der Waals surface area (Å²) in [5, 5.41) is 6.88. The van der Waals surface area contributed by atoms with E-state index in [2.05, 4.69) is 15.6 Å². The van der Waals surface area contributed by atoms with Crippen molar-refractivity contribution in [3.63, 3.8) is 0 Å². The number of halogens is 1. The van der Waals surface area contributed by atoms with E-state index < -0.39 is 0 Å². The molecule has 3 rings (SSSR count). The molecule has 1 atom stereocenters. The molecular formula is C18H22FN3OS. The molecular weight excluding hydrogens is 325 g/mol. The van der Waals surface area contributed by atoms with Crippen LogP contribution in [-0.2, 0) is 4.79 Å². The van der Waals surface area contributed by atoms with E-state index in [-0.39, 0.29) is 17.6 Å². The summed E-state index contributed by atoms with van der Waals surface area (Å²) in [5.41, 5.74) is 0.833. The second-order valence-electron chi connectivity index (χ2n) is 6.30. The smallest absolute Gasteiger partial charge is 0.226 e. The number of amides is 1. The molecule has 1 saturated heterocycles. The molecule has 2 aromatic rings. The number of nitrogens with one attached hydrogen (secondary N) is 2. The van der Waals surface area contributed by atoms with E-state index in [1.807, 2.05) is 19.2 Å². The second-order valence-corrected chi connectivity index (χ2v) is 7.36. The summed E-state index contributed by atoms with van der Waals surface area (Å²) in [6.07, 6.45) is 4.43. The van der Waals surface area contributed by atoms with Gasteiger partial charge >= 0.3 is 0 Å². The van der Waals surface area contributed by atoms with Gasteiger partial charge in [0, 0.05) is 17.5 Å². The van der Waals surface area contributed by atoms with E-state index in [9.17, 15) is 9.18 Å². The summed E-state index contributed by atoms with van der Waals surface area (Å²) in [5.74, 6) is 0.148. The Balaban J connectivity index is 1.56. The highest BCUT2D eigenvalue weighted by atomic mass is 32.1. The van der Waals surface area contributed by atoms with E-state index in [1.165, 1.54) is 17.0 Å². The number of hydrogen-bond acceptors (Lipinski definition) is 4. The van der Waals surface area contributed by atoms with Crippen LogP contribution < -0.4 is 10.6 Å². The molecule has 6 heteroatoms. The van der Waals surface area contributed by atoms with Gasteiger partial charge in [-0.2, -0.15) is 0 Å². The van der Waals surface area contributed by atoms with E-state index in [1.54, 1.807) is 17.4 Å². The third kappa shape index (κ3) is 4.39. The van der Waals surface area contributed by atoms with Crippen LogP contribution in [0.4, 0.5) is 9.52 Å². The van der Waals surface area contributed by atoms with Crippen molar-refractivity contribution in [2.24, 2.45) is 0 Å². The number of piperidine rings is 1. The molecule has 1 aliphatic rings. The normalized spacial score (nSPS) is 16.8. The Labute approximate surface area is 145 Å². The fraction of sp³-hybridized carbons (Fsp3) is 0.444. The van der Waals surface area contributed by atoms with Gasteiger partial charge in [0.1, 0.15) is 5.82 Å². The van der Waals surface area contributed by atoms with E-state index >= 15 is 0 Å². The van der Waals surface area contributed by atoms with Crippen LogP contribution in [0.1, 0.15) is 48.5 Å². The molecule has 1 unspecified atom stereocenters. The third-order valence-corrected chi connectivity index (χ3v) is 5.50. The van der Waals surface area contributed by atoms with Crippen molar-refractivity contribution < 1.29 is 9.18 Å². The van der Waals surface area contributed by atoms with Crippen molar-refractivity contribution in [2.45, 2.75) is 38.0 Å². The standard InChI is InChI=1S/C18H22FN3OS/c1-12(14-3-2-4-15(19)10-14)9-17(23)22-18-21-11-16(24-18)13-5-7-20-8-6-13/h2-4,10-13,20H,5-9H2,1H3,(H,21,22,23). The van der Waals surface area contributed by atoms with Gasteiger partial charge in [-0.25, -0.2) is 9.37 Å². The molecule has 0 aliphatic carbocycles. The number of rotatable bonds is 5. The Morgan fingerprint density at radius 1 is 1.46 bits per heavy atom. The number of aromatic nitrogens is 1. The van der Waals surface area contributed by atoms with Gasteiger partial charge in [0.15, 0.2) is 5.13 Å². The lowest BCUT2D eigenvalue weighted by atomic mass is 9.97. The summed E-state index contributed by atoms with van der Waals surface area (Å²) in [6.45, 7) is 4.00. The van der Waals surface area contributed by atoms with Crippen LogP contribution in [0.5, 0.6) is 0 Å². The average Bonchev–Trinajstić information content (AvgIpc) is 3.04. The number of carbonyl (C=O) groups is 1. The zero-order valence-corrected chi connectivity index (χ0v) is 14.5. The fourth-order valence-corrected chi connectivity index (χ4v) is 4.02. The molecule has 1 amide bonds. The molecule has 2 N–H and O–H groups in total. The van der Waals surface area contributed by atoms with Gasteiger partial charge in [-0.3, -0.25) is 4.79 Å². The van der Waals surface area contributed by atoms with Crippen LogP contribution in [0.25, 0.3) is 0 Å². The molecule has 0 radical (unpaired) electrons. The molecule has 0 bridgehead atoms. The van der Waals surface area contributed by atoms with Crippen LogP contribution in [-0.4, -0.2) is 24.0 Å². The van der Waals surface area contributed by atoms with Crippen molar-refractivity contribution in [1.29, 1.82) is 0 Å². The minimum Gasteiger partial charge on any atom is -0.317 e. The molecule has 4 nitrogen and oxygen atoms in total. The van der Waals surface area contributed by atoms with Gasteiger partial charge in [0.25, 0.3) is 0 Å². The topological polar surface area (TPSA) is 54.0 Å². The summed E-state index contributed by atoms with van der Waals surface area (Å²) in [6, 6.07) is 6.41. The predicted octanol–water partition coefficient (Wildman–Crippen LogP) is 3.88. The molecule has 1 aliphatic heterocycles. The van der Waals surface area contributed by atoms with E-state index in [0.29, 0.717) is 17.5 Å². The van der Waals surface area contributed by atoms with E-state index in [4.69, 9.17) is 0 Å². The minimum absolute atomic E-state index is 0.0375. The largest absolute Gasteiger partial charge is 0.317 e. The van der Waals surface area contributed by atoms with Crippen molar-refractivity contribution >= 4 is 22.4 Å². The van der Waals surface area contributed by atoms with Gasteiger partial charge < -0.3 is 10.6 Å². The van der Waals surface area contributed by atoms with Gasteiger partial charge in [-0.1, -0.05) is 19.1 Å². The zero-order valence-electron chi connectivity index (χ0n) is 13.7. The van der Waals surface area contributed by atoms with Gasteiger partial charge in [-0.05, 0) is 55.5 Å². The monoisotopic (exact) mass is 347 g/mol. The minimum atomic E-state index is -0.272. The summed E-state index contributed by atoms with van der Waals surface area (Å²) in [7, 11) is 0. The Kier molecular flexibility index (Phi) is 5.58. The SMILES string of the molecule is CC(CC(=O)Nc1ncc(C2CCNCC2)s1)c1cccc(F)c1. The Hall–Kier alpha value is -1.79. The first kappa shape index (κ1) is 17.0. The van der Waals surface area contributed by atoms with Crippen molar-refractivity contribution in [1.82, 2.24) is 10.3 Å². The molecule has 1 aromatic heterocycles. The number of anilines is 1. The predicted molar refractivity (Wildman–Crippen MR) is 95.0 cm³/mol. The molecule has 0 saturated carbocycles. The highest BCUT2D eigenvalue weighted by molar-refractivity contribution is 7.15. The van der Waals surface area contributed by atoms with Crippen molar-refractivity contribution in [2.75, 3.05) is 18.4 Å². The van der Waals surface area contributed by atoms with Crippen LogP contribution in [0.2, 0.25) is 0 Å². The molecule has 24 heavy (non-hydrogen) atoms. The first-order valence-corrected chi connectivity index (χ1v) is 9.15. The fourth-order valence-electron chi connectivity index (χ4n) is 3.02. The maximum Gasteiger partial charge on any atom is 0.226 e. The zero-order chi connectivity index (χ0) is 16.9. The van der Waals surface area contributed by atoms with Crippen molar-refractivity contribution in [3.8, 4) is 0 Å². The number of nitrogens with zero attached hydrogens (tertiary/aromatic N) is 1. The summed E-state index contributed by atoms with van der Waals surface area (Å²) < 4.78 is 13.3. The van der Waals surface area contributed by atoms with Crippen molar-refractivity contribution in [3.05, 3.63) is 46.7 Å². The lowest BCUT2D eigenvalue weighted by Crippen LogP contribution is -2.26. The molecule has 0 spiro atoms. The molecule has 1 fully saturated rings. The first-order chi connectivity index (χ1) is 11.6. The molecule has 1 aromatic carbocycles. The second kappa shape index (κ2) is 7.85. The van der Waals surface area contributed by atoms with Crippen LogP contribution in [0, 0.1) is 5.82 Å². The lowest BCUT2D eigenvalue weighted by molar-refractivity contribution is -0.116. The van der Waals surface area contributed by atoms with Crippen LogP contribution in [0.3, 0.4) is 0 Å². The maximum absolute atomic E-state index is 13.3. The number of benzene rings is 1. The Morgan fingerprint density at radius 3 is 3.00 bits per heavy atom. The molecule has 2 heterocycles. The Bertz CT molecular complexity index is 697. The average molecular weight is 347 g/mol. The number of hydrogen-bond donors (Lipinski definition) is 2. The van der Waals surface area contributed by atoms with Gasteiger partial charge in [-0.15, -0.1) is 11.3 Å². The maximum atomic E-state index is 13.3. The van der Waals surface area contributed by atoms with Crippen LogP contribution in [0.15, 0.2) is 30.5 Å². The highest BCUT2D eigenvalue weighted by Crippen LogP contribution is 2.32. The quantitative estimate of drug-likeness (QED) is 0.863. The van der Waals surface area contributed by atoms with Gasteiger partial charge in [0.2, 0.25) is 5.91 Å². The summed E-state index contributed by atoms with van der Waals surface area (Å²) >= 11 is 1.56. The first-order valence-electron chi connectivity index (χ1n) is 8.33. The summed E-state index contributed by atoms with van der Waals surface area (Å²) in [4.78, 5) is 17.8. The van der Waals surface area contributed by atoms with Gasteiger partial charge in [0.05, 0.1) is 0 Å². The van der Waals surface area contributed by atoms with Crippen LogP contribution >= 0.6 is 11.3 Å².